The first kappa shape index (κ1) is 24.8. The lowest BCUT2D eigenvalue weighted by Crippen LogP contribution is -2.30. The van der Waals surface area contributed by atoms with E-state index < -0.39 is 0 Å². The summed E-state index contributed by atoms with van der Waals surface area (Å²) in [5, 5.41) is 3.03. The van der Waals surface area contributed by atoms with Gasteiger partial charge >= 0.3 is 0 Å². The lowest BCUT2D eigenvalue weighted by atomic mass is 10.1. The van der Waals surface area contributed by atoms with Gasteiger partial charge in [-0.15, -0.1) is 0 Å². The summed E-state index contributed by atoms with van der Waals surface area (Å²) >= 11 is 3.50. The molecule has 0 heterocycles. The van der Waals surface area contributed by atoms with E-state index in [1.54, 1.807) is 7.11 Å². The first-order valence-corrected chi connectivity index (χ1v) is 12.0. The summed E-state index contributed by atoms with van der Waals surface area (Å²) in [7, 11) is 1.64. The van der Waals surface area contributed by atoms with Gasteiger partial charge in [-0.3, -0.25) is 9.69 Å². The second-order valence-electron chi connectivity index (χ2n) is 7.74. The number of nitrogens with zero attached hydrogens (tertiary/aromatic N) is 1. The van der Waals surface area contributed by atoms with Crippen LogP contribution >= 0.6 is 15.9 Å². The zero-order valence-corrected chi connectivity index (χ0v) is 20.8. The van der Waals surface area contributed by atoms with Crippen LogP contribution in [0, 0.1) is 0 Å². The number of rotatable bonds is 12. The molecule has 1 amide bonds. The maximum atomic E-state index is 12.2. The molecule has 0 aliphatic heterocycles. The van der Waals surface area contributed by atoms with Crippen LogP contribution in [0.4, 0.5) is 0 Å². The summed E-state index contributed by atoms with van der Waals surface area (Å²) in [5.41, 5.74) is 2.18. The molecule has 6 heteroatoms. The van der Waals surface area contributed by atoms with Crippen LogP contribution in [0.15, 0.2) is 77.3 Å². The summed E-state index contributed by atoms with van der Waals surface area (Å²) in [6.07, 6.45) is 1.28. The third-order valence-electron chi connectivity index (χ3n) is 5.33. The Labute approximate surface area is 204 Å². The van der Waals surface area contributed by atoms with E-state index in [-0.39, 0.29) is 5.91 Å². The van der Waals surface area contributed by atoms with Gasteiger partial charge in [-0.2, -0.15) is 0 Å². The minimum Gasteiger partial charge on any atom is -0.493 e. The monoisotopic (exact) mass is 510 g/mol. The van der Waals surface area contributed by atoms with E-state index in [0.29, 0.717) is 24.5 Å². The van der Waals surface area contributed by atoms with Gasteiger partial charge in [-0.25, -0.2) is 0 Å². The third-order valence-corrected chi connectivity index (χ3v) is 6.10. The van der Waals surface area contributed by atoms with Gasteiger partial charge in [0.25, 0.3) is 0 Å². The van der Waals surface area contributed by atoms with Crippen LogP contribution in [0.25, 0.3) is 0 Å². The van der Waals surface area contributed by atoms with Gasteiger partial charge in [0, 0.05) is 24.1 Å². The lowest BCUT2D eigenvalue weighted by molar-refractivity contribution is -0.120. The van der Waals surface area contributed by atoms with Crippen molar-refractivity contribution in [2.75, 3.05) is 26.7 Å². The number of ether oxygens (including phenoxy) is 2. The van der Waals surface area contributed by atoms with Crippen LogP contribution in [0.3, 0.4) is 0 Å². The van der Waals surface area contributed by atoms with E-state index in [1.165, 1.54) is 5.56 Å². The van der Waals surface area contributed by atoms with Crippen molar-refractivity contribution in [3.8, 4) is 17.2 Å². The molecule has 3 aromatic carbocycles. The molecular weight excluding hydrogens is 480 g/mol. The molecule has 3 rings (SSSR count). The van der Waals surface area contributed by atoms with Crippen molar-refractivity contribution in [1.82, 2.24) is 10.2 Å². The molecule has 1 N–H and O–H groups in total. The van der Waals surface area contributed by atoms with Gasteiger partial charge in [0.2, 0.25) is 5.91 Å². The van der Waals surface area contributed by atoms with E-state index in [9.17, 15) is 4.79 Å². The summed E-state index contributed by atoms with van der Waals surface area (Å²) in [6.45, 7) is 5.48. The van der Waals surface area contributed by atoms with Crippen molar-refractivity contribution < 1.29 is 14.3 Å². The van der Waals surface area contributed by atoms with Gasteiger partial charge in [-0.05, 0) is 54.4 Å². The summed E-state index contributed by atoms with van der Waals surface area (Å²) < 4.78 is 12.4. The molecule has 0 bridgehead atoms. The highest BCUT2D eigenvalue weighted by atomic mass is 79.9. The van der Waals surface area contributed by atoms with E-state index in [1.807, 2.05) is 60.7 Å². The molecule has 174 valence electrons. The molecule has 0 aromatic heterocycles. The molecule has 0 saturated carbocycles. The molecular formula is C27H31BrN2O3. The number of amides is 1. The SMILES string of the molecule is CCN(CCCNC(=O)Cc1ccccc1Br)Cc1cccc(Oc2ccccc2OC)c1. The second kappa shape index (κ2) is 13.0. The highest BCUT2D eigenvalue weighted by Gasteiger charge is 2.09. The zero-order chi connectivity index (χ0) is 23.5. The first-order valence-electron chi connectivity index (χ1n) is 11.2. The number of para-hydroxylation sites is 2. The maximum absolute atomic E-state index is 12.2. The molecule has 0 unspecified atom stereocenters. The molecule has 0 radical (unpaired) electrons. The van der Waals surface area contributed by atoms with Gasteiger partial charge in [0.05, 0.1) is 13.5 Å². The Morgan fingerprint density at radius 2 is 1.76 bits per heavy atom. The number of nitrogens with one attached hydrogen (secondary N) is 1. The van der Waals surface area contributed by atoms with Crippen molar-refractivity contribution in [3.63, 3.8) is 0 Å². The van der Waals surface area contributed by atoms with E-state index in [4.69, 9.17) is 9.47 Å². The van der Waals surface area contributed by atoms with Gasteiger partial charge in [-0.1, -0.05) is 65.3 Å². The Bertz CT molecular complexity index is 1040. The van der Waals surface area contributed by atoms with Crippen molar-refractivity contribution in [1.29, 1.82) is 0 Å². The Morgan fingerprint density at radius 3 is 2.52 bits per heavy atom. The van der Waals surface area contributed by atoms with Gasteiger partial charge in [0.1, 0.15) is 5.75 Å². The average molecular weight is 511 g/mol. The number of carbonyl (C=O) groups is 1. The van der Waals surface area contributed by atoms with Crippen LogP contribution in [-0.4, -0.2) is 37.6 Å². The van der Waals surface area contributed by atoms with Crippen LogP contribution in [0.5, 0.6) is 17.2 Å². The predicted molar refractivity (Wildman–Crippen MR) is 136 cm³/mol. The zero-order valence-electron chi connectivity index (χ0n) is 19.2. The maximum Gasteiger partial charge on any atom is 0.224 e. The molecule has 0 spiro atoms. The highest BCUT2D eigenvalue weighted by Crippen LogP contribution is 2.31. The van der Waals surface area contributed by atoms with Crippen molar-refractivity contribution in [2.24, 2.45) is 0 Å². The van der Waals surface area contributed by atoms with E-state index in [2.05, 4.69) is 45.2 Å². The van der Waals surface area contributed by atoms with Crippen LogP contribution in [-0.2, 0) is 17.8 Å². The molecule has 33 heavy (non-hydrogen) atoms. The topological polar surface area (TPSA) is 50.8 Å². The lowest BCUT2D eigenvalue weighted by Gasteiger charge is -2.21. The quantitative estimate of drug-likeness (QED) is 0.312. The Balaban J connectivity index is 1.46. The molecule has 5 nitrogen and oxygen atoms in total. The number of methoxy groups -OCH3 is 1. The first-order chi connectivity index (χ1) is 16.1. The Kier molecular flexibility index (Phi) is 9.78. The number of hydrogen-bond acceptors (Lipinski definition) is 4. The molecule has 0 aliphatic carbocycles. The minimum atomic E-state index is 0.0474. The Hall–Kier alpha value is -2.83. The molecule has 0 aliphatic rings. The molecule has 3 aromatic rings. The van der Waals surface area contributed by atoms with Crippen LogP contribution in [0.1, 0.15) is 24.5 Å². The highest BCUT2D eigenvalue weighted by molar-refractivity contribution is 9.10. The number of hydrogen-bond donors (Lipinski definition) is 1. The smallest absolute Gasteiger partial charge is 0.224 e. The van der Waals surface area contributed by atoms with Gasteiger partial charge in [0.15, 0.2) is 11.5 Å². The number of halogens is 1. The summed E-state index contributed by atoms with van der Waals surface area (Å²) in [5.74, 6) is 2.24. The molecule has 0 saturated heterocycles. The van der Waals surface area contributed by atoms with E-state index >= 15 is 0 Å². The number of benzene rings is 3. The van der Waals surface area contributed by atoms with Crippen molar-refractivity contribution in [3.05, 3.63) is 88.4 Å². The minimum absolute atomic E-state index is 0.0474. The fraction of sp³-hybridized carbons (Fsp3) is 0.296. The largest absolute Gasteiger partial charge is 0.493 e. The van der Waals surface area contributed by atoms with E-state index in [0.717, 1.165) is 41.8 Å². The van der Waals surface area contributed by atoms with Crippen LogP contribution < -0.4 is 14.8 Å². The van der Waals surface area contributed by atoms with Crippen LogP contribution in [0.2, 0.25) is 0 Å². The fourth-order valence-electron chi connectivity index (χ4n) is 3.55. The average Bonchev–Trinajstić information content (AvgIpc) is 2.83. The predicted octanol–water partition coefficient (Wildman–Crippen LogP) is 5.82. The standard InChI is InChI=1S/C27H31BrN2O3/c1-3-30(17-9-16-29-27(31)19-22-11-4-5-13-24(22)28)20-21-10-8-12-23(18-21)33-26-15-7-6-14-25(26)32-2/h4-8,10-15,18H,3,9,16-17,19-20H2,1-2H3,(H,29,31). The van der Waals surface area contributed by atoms with Crippen molar-refractivity contribution in [2.45, 2.75) is 26.3 Å². The second-order valence-corrected chi connectivity index (χ2v) is 8.60. The summed E-state index contributed by atoms with van der Waals surface area (Å²) in [6, 6.07) is 23.6. The molecule has 0 fully saturated rings. The fourth-order valence-corrected chi connectivity index (χ4v) is 3.98. The van der Waals surface area contributed by atoms with Gasteiger partial charge < -0.3 is 14.8 Å². The number of carbonyl (C=O) groups excluding carboxylic acids is 1. The summed E-state index contributed by atoms with van der Waals surface area (Å²) in [4.78, 5) is 14.6. The molecule has 0 atom stereocenters. The Morgan fingerprint density at radius 1 is 1.00 bits per heavy atom. The normalized spacial score (nSPS) is 10.8. The third kappa shape index (κ3) is 7.91. The van der Waals surface area contributed by atoms with Crippen molar-refractivity contribution >= 4 is 21.8 Å².